The van der Waals surface area contributed by atoms with Gasteiger partial charge in [0.25, 0.3) is 0 Å². The number of aromatic nitrogens is 2. The average Bonchev–Trinajstić information content (AvgIpc) is 2.46. The van der Waals surface area contributed by atoms with Crippen molar-refractivity contribution in [3.63, 3.8) is 0 Å². The molecule has 1 atom stereocenters. The van der Waals surface area contributed by atoms with Gasteiger partial charge < -0.3 is 10.1 Å². The third kappa shape index (κ3) is 6.01. The standard InChI is InChI=1S/C15H27N3O/c1-4-6-7-8-9-13(16-10-5-2)14-11-15(19-3)18-12-17-14/h11-13,16H,4-10H2,1-3H3. The van der Waals surface area contributed by atoms with Crippen LogP contribution in [0.5, 0.6) is 5.88 Å². The minimum Gasteiger partial charge on any atom is -0.481 e. The van der Waals surface area contributed by atoms with Crippen molar-refractivity contribution < 1.29 is 4.74 Å². The van der Waals surface area contributed by atoms with Crippen LogP contribution in [0.1, 0.15) is 64.1 Å². The second-order valence-electron chi connectivity index (χ2n) is 4.84. The van der Waals surface area contributed by atoms with Gasteiger partial charge in [-0.15, -0.1) is 0 Å². The van der Waals surface area contributed by atoms with Crippen LogP contribution in [0.3, 0.4) is 0 Å². The molecule has 0 saturated carbocycles. The molecule has 1 N–H and O–H groups in total. The second kappa shape index (κ2) is 9.73. The molecule has 0 aliphatic rings. The van der Waals surface area contributed by atoms with Gasteiger partial charge in [-0.2, -0.15) is 0 Å². The van der Waals surface area contributed by atoms with Crippen molar-refractivity contribution in [3.05, 3.63) is 18.1 Å². The van der Waals surface area contributed by atoms with Gasteiger partial charge in [0, 0.05) is 12.1 Å². The van der Waals surface area contributed by atoms with Crippen LogP contribution in [-0.2, 0) is 0 Å². The van der Waals surface area contributed by atoms with Gasteiger partial charge in [0.2, 0.25) is 5.88 Å². The molecule has 19 heavy (non-hydrogen) atoms. The smallest absolute Gasteiger partial charge is 0.216 e. The van der Waals surface area contributed by atoms with Gasteiger partial charge in [-0.1, -0.05) is 39.5 Å². The molecule has 0 aliphatic carbocycles. The zero-order valence-electron chi connectivity index (χ0n) is 12.5. The summed E-state index contributed by atoms with van der Waals surface area (Å²) in [5.41, 5.74) is 1.04. The Hall–Kier alpha value is -1.16. The lowest BCUT2D eigenvalue weighted by Gasteiger charge is -2.18. The molecule has 0 spiro atoms. The number of nitrogens with one attached hydrogen (secondary N) is 1. The second-order valence-corrected chi connectivity index (χ2v) is 4.84. The molecule has 0 aliphatic heterocycles. The van der Waals surface area contributed by atoms with E-state index in [-0.39, 0.29) is 0 Å². The molecule has 0 aromatic carbocycles. The van der Waals surface area contributed by atoms with Gasteiger partial charge >= 0.3 is 0 Å². The highest BCUT2D eigenvalue weighted by atomic mass is 16.5. The summed E-state index contributed by atoms with van der Waals surface area (Å²) in [6, 6.07) is 2.25. The summed E-state index contributed by atoms with van der Waals surface area (Å²) in [5.74, 6) is 0.641. The predicted molar refractivity (Wildman–Crippen MR) is 78.4 cm³/mol. The predicted octanol–water partition coefficient (Wildman–Crippen LogP) is 3.50. The number of hydrogen-bond donors (Lipinski definition) is 1. The molecular formula is C15H27N3O. The van der Waals surface area contributed by atoms with E-state index in [9.17, 15) is 0 Å². The minimum absolute atomic E-state index is 0.314. The summed E-state index contributed by atoms with van der Waals surface area (Å²) < 4.78 is 5.17. The average molecular weight is 265 g/mol. The molecule has 4 nitrogen and oxygen atoms in total. The SMILES string of the molecule is CCCCCCC(NCCC)c1cc(OC)ncn1. The van der Waals surface area contributed by atoms with Crippen molar-refractivity contribution >= 4 is 0 Å². The van der Waals surface area contributed by atoms with E-state index in [4.69, 9.17) is 4.74 Å². The fourth-order valence-electron chi connectivity index (χ4n) is 2.10. The molecule has 0 amide bonds. The van der Waals surface area contributed by atoms with E-state index >= 15 is 0 Å². The largest absolute Gasteiger partial charge is 0.481 e. The van der Waals surface area contributed by atoms with Crippen molar-refractivity contribution in [3.8, 4) is 5.88 Å². The Morgan fingerprint density at radius 3 is 2.68 bits per heavy atom. The number of hydrogen-bond acceptors (Lipinski definition) is 4. The summed E-state index contributed by atoms with van der Waals surface area (Å²) in [7, 11) is 1.64. The van der Waals surface area contributed by atoms with Gasteiger partial charge in [-0.3, -0.25) is 0 Å². The van der Waals surface area contributed by atoms with Crippen LogP contribution < -0.4 is 10.1 Å². The van der Waals surface area contributed by atoms with Gasteiger partial charge in [0.15, 0.2) is 0 Å². The number of methoxy groups -OCH3 is 1. The fourth-order valence-corrected chi connectivity index (χ4v) is 2.10. The van der Waals surface area contributed by atoms with E-state index in [2.05, 4.69) is 29.1 Å². The topological polar surface area (TPSA) is 47.0 Å². The zero-order valence-corrected chi connectivity index (χ0v) is 12.5. The van der Waals surface area contributed by atoms with E-state index in [1.54, 1.807) is 13.4 Å². The summed E-state index contributed by atoms with van der Waals surface area (Å²) in [5, 5.41) is 3.57. The zero-order chi connectivity index (χ0) is 13.9. The normalized spacial score (nSPS) is 12.4. The Labute approximate surface area is 117 Å². The van der Waals surface area contributed by atoms with Crippen LogP contribution in [0.15, 0.2) is 12.4 Å². The molecule has 1 rings (SSSR count). The summed E-state index contributed by atoms with van der Waals surface area (Å²) in [6.45, 7) is 5.44. The molecule has 0 bridgehead atoms. The van der Waals surface area contributed by atoms with E-state index in [1.807, 2.05) is 6.07 Å². The first-order valence-electron chi connectivity index (χ1n) is 7.41. The Kier molecular flexibility index (Phi) is 8.14. The van der Waals surface area contributed by atoms with Crippen LogP contribution in [-0.4, -0.2) is 23.6 Å². The van der Waals surface area contributed by atoms with Crippen molar-refractivity contribution in [2.45, 2.75) is 58.4 Å². The summed E-state index contributed by atoms with van der Waals surface area (Å²) >= 11 is 0. The molecule has 1 unspecified atom stereocenters. The molecular weight excluding hydrogens is 238 g/mol. The first-order chi connectivity index (χ1) is 9.31. The first-order valence-corrected chi connectivity index (χ1v) is 7.41. The number of rotatable bonds is 10. The minimum atomic E-state index is 0.314. The van der Waals surface area contributed by atoms with E-state index in [1.165, 1.54) is 25.7 Å². The summed E-state index contributed by atoms with van der Waals surface area (Å²) in [6.07, 6.45) is 8.96. The highest BCUT2D eigenvalue weighted by Gasteiger charge is 2.12. The number of nitrogens with zero attached hydrogens (tertiary/aromatic N) is 2. The van der Waals surface area contributed by atoms with Crippen molar-refractivity contribution in [1.82, 2.24) is 15.3 Å². The van der Waals surface area contributed by atoms with Crippen molar-refractivity contribution in [2.75, 3.05) is 13.7 Å². The molecule has 1 aromatic heterocycles. The van der Waals surface area contributed by atoms with E-state index in [0.717, 1.165) is 25.1 Å². The molecule has 1 aromatic rings. The third-order valence-corrected chi connectivity index (χ3v) is 3.22. The Balaban J connectivity index is 2.60. The molecule has 4 heteroatoms. The molecule has 1 heterocycles. The number of unbranched alkanes of at least 4 members (excludes halogenated alkanes) is 3. The van der Waals surface area contributed by atoms with Crippen LogP contribution in [0.4, 0.5) is 0 Å². The fraction of sp³-hybridized carbons (Fsp3) is 0.733. The Bertz CT molecular complexity index is 344. The highest BCUT2D eigenvalue weighted by molar-refractivity contribution is 5.16. The van der Waals surface area contributed by atoms with Crippen LogP contribution in [0.2, 0.25) is 0 Å². The van der Waals surface area contributed by atoms with E-state index in [0.29, 0.717) is 11.9 Å². The molecule has 0 radical (unpaired) electrons. The highest BCUT2D eigenvalue weighted by Crippen LogP contribution is 2.20. The van der Waals surface area contributed by atoms with Gasteiger partial charge in [0.1, 0.15) is 6.33 Å². The lowest BCUT2D eigenvalue weighted by molar-refractivity contribution is 0.392. The lowest BCUT2D eigenvalue weighted by Crippen LogP contribution is -2.23. The van der Waals surface area contributed by atoms with Gasteiger partial charge in [-0.05, 0) is 19.4 Å². The van der Waals surface area contributed by atoms with Crippen LogP contribution >= 0.6 is 0 Å². The van der Waals surface area contributed by atoms with Crippen molar-refractivity contribution in [1.29, 1.82) is 0 Å². The maximum Gasteiger partial charge on any atom is 0.216 e. The number of ether oxygens (including phenoxy) is 1. The quantitative estimate of drug-likeness (QED) is 0.658. The van der Waals surface area contributed by atoms with Crippen LogP contribution in [0.25, 0.3) is 0 Å². The molecule has 108 valence electrons. The summed E-state index contributed by atoms with van der Waals surface area (Å²) in [4.78, 5) is 8.46. The molecule has 0 saturated heterocycles. The maximum absolute atomic E-state index is 5.17. The van der Waals surface area contributed by atoms with Gasteiger partial charge in [0.05, 0.1) is 12.8 Å². The Morgan fingerprint density at radius 2 is 2.00 bits per heavy atom. The maximum atomic E-state index is 5.17. The van der Waals surface area contributed by atoms with E-state index < -0.39 is 0 Å². The third-order valence-electron chi connectivity index (χ3n) is 3.22. The van der Waals surface area contributed by atoms with Gasteiger partial charge in [-0.25, -0.2) is 9.97 Å². The Morgan fingerprint density at radius 1 is 1.16 bits per heavy atom. The lowest BCUT2D eigenvalue weighted by atomic mass is 10.0. The monoisotopic (exact) mass is 265 g/mol. The first kappa shape index (κ1) is 15.9. The van der Waals surface area contributed by atoms with Crippen molar-refractivity contribution in [2.24, 2.45) is 0 Å². The molecule has 0 fully saturated rings. The van der Waals surface area contributed by atoms with Crippen LogP contribution in [0, 0.1) is 0 Å².